The van der Waals surface area contributed by atoms with Gasteiger partial charge in [-0.05, 0) is 39.3 Å². The van der Waals surface area contributed by atoms with Gasteiger partial charge in [-0.2, -0.15) is 0 Å². The third kappa shape index (κ3) is 4.48. The average molecular weight is 293 g/mol. The van der Waals surface area contributed by atoms with Crippen molar-refractivity contribution in [1.29, 1.82) is 0 Å². The standard InChI is InChI=1S/C16H23NO4/c1-11-7-8-12(14(9-11)20-6)13(10-18)17(5)15(19)21-16(2,3)4/h7-10,13H,1-6H3. The lowest BCUT2D eigenvalue weighted by Gasteiger charge is -2.28. The van der Waals surface area contributed by atoms with Crippen LogP contribution in [0.3, 0.4) is 0 Å². The van der Waals surface area contributed by atoms with Crippen molar-refractivity contribution in [2.24, 2.45) is 0 Å². The Morgan fingerprint density at radius 3 is 2.43 bits per heavy atom. The van der Waals surface area contributed by atoms with Crippen LogP contribution < -0.4 is 4.74 Å². The molecule has 21 heavy (non-hydrogen) atoms. The van der Waals surface area contributed by atoms with Crippen LogP contribution in [0.1, 0.15) is 37.9 Å². The van der Waals surface area contributed by atoms with E-state index in [0.29, 0.717) is 17.6 Å². The van der Waals surface area contributed by atoms with Gasteiger partial charge in [-0.1, -0.05) is 12.1 Å². The molecule has 0 heterocycles. The molecule has 0 aliphatic rings. The number of methoxy groups -OCH3 is 1. The fourth-order valence-electron chi connectivity index (χ4n) is 1.88. The molecule has 0 saturated heterocycles. The van der Waals surface area contributed by atoms with Crippen LogP contribution in [0.5, 0.6) is 5.75 Å². The van der Waals surface area contributed by atoms with Crippen LogP contribution in [-0.4, -0.2) is 37.0 Å². The maximum absolute atomic E-state index is 12.1. The summed E-state index contributed by atoms with van der Waals surface area (Å²) in [6.07, 6.45) is 0.152. The number of aryl methyl sites for hydroxylation is 1. The molecule has 5 nitrogen and oxygen atoms in total. The lowest BCUT2D eigenvalue weighted by atomic mass is 10.0. The van der Waals surface area contributed by atoms with Gasteiger partial charge >= 0.3 is 6.09 Å². The zero-order chi connectivity index (χ0) is 16.2. The van der Waals surface area contributed by atoms with E-state index in [1.54, 1.807) is 26.8 Å². The summed E-state index contributed by atoms with van der Waals surface area (Å²) in [6.45, 7) is 7.27. The van der Waals surface area contributed by atoms with Crippen LogP contribution >= 0.6 is 0 Å². The molecule has 1 aromatic rings. The molecule has 0 spiro atoms. The van der Waals surface area contributed by atoms with Crippen LogP contribution in [0, 0.1) is 6.92 Å². The summed E-state index contributed by atoms with van der Waals surface area (Å²) >= 11 is 0. The maximum atomic E-state index is 12.1. The molecule has 5 heteroatoms. The number of carbonyl (C=O) groups excluding carboxylic acids is 2. The minimum absolute atomic E-state index is 0.553. The zero-order valence-electron chi connectivity index (χ0n) is 13.5. The Hall–Kier alpha value is -2.04. The number of aldehydes is 1. The lowest BCUT2D eigenvalue weighted by molar-refractivity contribution is -0.112. The molecule has 1 atom stereocenters. The number of ether oxygens (including phenoxy) is 2. The van der Waals surface area contributed by atoms with Crippen molar-refractivity contribution in [2.45, 2.75) is 39.3 Å². The highest BCUT2D eigenvalue weighted by atomic mass is 16.6. The molecule has 0 saturated carbocycles. The maximum Gasteiger partial charge on any atom is 0.410 e. The quantitative estimate of drug-likeness (QED) is 0.800. The Morgan fingerprint density at radius 1 is 1.33 bits per heavy atom. The van der Waals surface area contributed by atoms with Gasteiger partial charge in [0.1, 0.15) is 23.7 Å². The number of likely N-dealkylation sites (N-methyl/N-ethyl adjacent to an activating group) is 1. The highest BCUT2D eigenvalue weighted by Gasteiger charge is 2.28. The van der Waals surface area contributed by atoms with E-state index in [-0.39, 0.29) is 0 Å². The third-order valence-corrected chi connectivity index (χ3v) is 2.94. The second kappa shape index (κ2) is 6.61. The first-order valence-corrected chi connectivity index (χ1v) is 6.75. The van der Waals surface area contributed by atoms with Crippen molar-refractivity contribution in [1.82, 2.24) is 4.90 Å². The first-order chi connectivity index (χ1) is 9.69. The Labute approximate surface area is 125 Å². The Kier molecular flexibility index (Phi) is 5.35. The molecule has 0 N–H and O–H groups in total. The van der Waals surface area contributed by atoms with Crippen LogP contribution in [-0.2, 0) is 9.53 Å². The normalized spacial score (nSPS) is 12.5. The van der Waals surface area contributed by atoms with Crippen molar-refractivity contribution in [2.75, 3.05) is 14.2 Å². The first kappa shape index (κ1) is 17.0. The topological polar surface area (TPSA) is 55.8 Å². The molecule has 0 fully saturated rings. The van der Waals surface area contributed by atoms with Crippen LogP contribution in [0.15, 0.2) is 18.2 Å². The van der Waals surface area contributed by atoms with Crippen molar-refractivity contribution in [3.63, 3.8) is 0 Å². The molecular formula is C16H23NO4. The minimum Gasteiger partial charge on any atom is -0.496 e. The summed E-state index contributed by atoms with van der Waals surface area (Å²) < 4.78 is 10.6. The third-order valence-electron chi connectivity index (χ3n) is 2.94. The summed E-state index contributed by atoms with van der Waals surface area (Å²) in [6, 6.07) is 4.73. The first-order valence-electron chi connectivity index (χ1n) is 6.75. The lowest BCUT2D eigenvalue weighted by Crippen LogP contribution is -2.37. The largest absolute Gasteiger partial charge is 0.496 e. The second-order valence-corrected chi connectivity index (χ2v) is 5.92. The Morgan fingerprint density at radius 2 is 1.95 bits per heavy atom. The van der Waals surface area contributed by atoms with Crippen LogP contribution in [0.2, 0.25) is 0 Å². The van der Waals surface area contributed by atoms with Crippen LogP contribution in [0.4, 0.5) is 4.79 Å². The van der Waals surface area contributed by atoms with Crippen LogP contribution in [0.25, 0.3) is 0 Å². The highest BCUT2D eigenvalue weighted by Crippen LogP contribution is 2.29. The molecule has 0 aliphatic carbocycles. The molecule has 1 amide bonds. The number of carbonyl (C=O) groups is 2. The van der Waals surface area contributed by atoms with Gasteiger partial charge in [-0.15, -0.1) is 0 Å². The fourth-order valence-corrected chi connectivity index (χ4v) is 1.88. The minimum atomic E-state index is -0.754. The number of hydrogen-bond donors (Lipinski definition) is 0. The monoisotopic (exact) mass is 293 g/mol. The van der Waals surface area contributed by atoms with Crippen molar-refractivity contribution in [3.05, 3.63) is 29.3 Å². The van der Waals surface area contributed by atoms with E-state index in [2.05, 4.69) is 0 Å². The Bertz CT molecular complexity index is 519. The summed E-state index contributed by atoms with van der Waals surface area (Å²) in [7, 11) is 3.07. The van der Waals surface area contributed by atoms with E-state index in [1.165, 1.54) is 19.1 Å². The molecule has 0 aromatic heterocycles. The second-order valence-electron chi connectivity index (χ2n) is 5.92. The van der Waals surface area contributed by atoms with Crippen molar-refractivity contribution in [3.8, 4) is 5.75 Å². The fraction of sp³-hybridized carbons (Fsp3) is 0.500. The van der Waals surface area contributed by atoms with E-state index in [0.717, 1.165) is 5.56 Å². The predicted octanol–water partition coefficient (Wildman–Crippen LogP) is 3.11. The molecule has 0 radical (unpaired) electrons. The van der Waals surface area contributed by atoms with E-state index >= 15 is 0 Å². The van der Waals surface area contributed by atoms with Gasteiger partial charge in [0.2, 0.25) is 0 Å². The van der Waals surface area contributed by atoms with E-state index < -0.39 is 17.7 Å². The summed E-state index contributed by atoms with van der Waals surface area (Å²) in [4.78, 5) is 24.8. The van der Waals surface area contributed by atoms with E-state index in [1.807, 2.05) is 19.1 Å². The van der Waals surface area contributed by atoms with Crippen molar-refractivity contribution < 1.29 is 19.1 Å². The van der Waals surface area contributed by atoms with Gasteiger partial charge in [0, 0.05) is 12.6 Å². The molecule has 1 unspecified atom stereocenters. The van der Waals surface area contributed by atoms with Gasteiger partial charge < -0.3 is 14.3 Å². The Balaban J connectivity index is 3.08. The van der Waals surface area contributed by atoms with Gasteiger partial charge in [0.15, 0.2) is 0 Å². The van der Waals surface area contributed by atoms with Gasteiger partial charge in [-0.25, -0.2) is 4.79 Å². The number of rotatable bonds is 4. The molecule has 0 aliphatic heterocycles. The number of hydrogen-bond acceptors (Lipinski definition) is 4. The summed E-state index contributed by atoms with van der Waals surface area (Å²) in [5.74, 6) is 0.572. The molecular weight excluding hydrogens is 270 g/mol. The average Bonchev–Trinajstić information content (AvgIpc) is 2.38. The summed E-state index contributed by atoms with van der Waals surface area (Å²) in [5.41, 5.74) is 1.03. The zero-order valence-corrected chi connectivity index (χ0v) is 13.5. The molecule has 1 rings (SSSR count). The van der Waals surface area contributed by atoms with E-state index in [9.17, 15) is 9.59 Å². The molecule has 1 aromatic carbocycles. The number of amides is 1. The van der Waals surface area contributed by atoms with Crippen molar-refractivity contribution >= 4 is 12.4 Å². The van der Waals surface area contributed by atoms with Gasteiger partial charge in [-0.3, -0.25) is 4.90 Å². The smallest absolute Gasteiger partial charge is 0.410 e. The predicted molar refractivity (Wildman–Crippen MR) is 80.5 cm³/mol. The summed E-state index contributed by atoms with van der Waals surface area (Å²) in [5, 5.41) is 0. The number of benzene rings is 1. The molecule has 116 valence electrons. The molecule has 0 bridgehead atoms. The number of nitrogens with zero attached hydrogens (tertiary/aromatic N) is 1. The highest BCUT2D eigenvalue weighted by molar-refractivity contribution is 5.75. The van der Waals surface area contributed by atoms with E-state index in [4.69, 9.17) is 9.47 Å². The van der Waals surface area contributed by atoms with Gasteiger partial charge in [0.05, 0.1) is 7.11 Å². The van der Waals surface area contributed by atoms with Gasteiger partial charge in [0.25, 0.3) is 0 Å². The SMILES string of the molecule is COc1cc(C)ccc1C(C=O)N(C)C(=O)OC(C)(C)C.